The number of nitrogens with one attached hydrogen (secondary N) is 2. The van der Waals surface area contributed by atoms with Crippen LogP contribution in [0.4, 0.5) is 0 Å². The fourth-order valence-electron chi connectivity index (χ4n) is 1.83. The van der Waals surface area contributed by atoms with Crippen LogP contribution >= 0.6 is 11.6 Å². The molecule has 0 aliphatic rings. The number of aromatic nitrogens is 3. The number of rotatable bonds is 2. The van der Waals surface area contributed by atoms with Crippen LogP contribution < -0.4 is 0 Å². The zero-order valence-electron chi connectivity index (χ0n) is 9.07. The number of hydrogen-bond acceptors (Lipinski definition) is 2. The van der Waals surface area contributed by atoms with E-state index in [2.05, 4.69) is 15.2 Å². The minimum atomic E-state index is -1.04. The number of nitrogens with zero attached hydrogens (tertiary/aromatic N) is 1. The lowest BCUT2D eigenvalue weighted by molar-refractivity contribution is 0.0690. The standard InChI is InChI=1S/C12H8ClN3O2/c13-7-3-1-2-6-4-8(14-11(6)7)9-5-10(12(17)18)16-15-9/h1-5,14H,(H,15,16)(H,17,18). The number of hydrogen-bond donors (Lipinski definition) is 3. The van der Waals surface area contributed by atoms with Crippen LogP contribution in [-0.2, 0) is 0 Å². The summed E-state index contributed by atoms with van der Waals surface area (Å²) in [6.07, 6.45) is 0. The normalized spacial score (nSPS) is 10.9. The van der Waals surface area contributed by atoms with Gasteiger partial charge in [-0.1, -0.05) is 23.7 Å². The van der Waals surface area contributed by atoms with E-state index in [9.17, 15) is 4.79 Å². The third-order valence-electron chi connectivity index (χ3n) is 2.69. The minimum Gasteiger partial charge on any atom is -0.477 e. The van der Waals surface area contributed by atoms with Gasteiger partial charge in [0, 0.05) is 11.5 Å². The molecule has 0 aliphatic heterocycles. The van der Waals surface area contributed by atoms with Crippen molar-refractivity contribution < 1.29 is 9.90 Å². The number of carbonyl (C=O) groups is 1. The monoisotopic (exact) mass is 261 g/mol. The van der Waals surface area contributed by atoms with Crippen molar-refractivity contribution in [1.29, 1.82) is 0 Å². The van der Waals surface area contributed by atoms with Gasteiger partial charge in [-0.25, -0.2) is 4.79 Å². The van der Waals surface area contributed by atoms with Crippen molar-refractivity contribution in [3.8, 4) is 11.4 Å². The van der Waals surface area contributed by atoms with Crippen LogP contribution in [0.5, 0.6) is 0 Å². The Morgan fingerprint density at radius 1 is 1.33 bits per heavy atom. The SMILES string of the molecule is O=C(O)c1cc(-c2cc3cccc(Cl)c3[nH]2)n[nH]1. The first-order valence-electron chi connectivity index (χ1n) is 5.21. The maximum absolute atomic E-state index is 10.8. The number of halogens is 1. The molecule has 0 unspecified atom stereocenters. The molecular weight excluding hydrogens is 254 g/mol. The molecule has 1 aromatic carbocycles. The lowest BCUT2D eigenvalue weighted by Gasteiger charge is -1.91. The Morgan fingerprint density at radius 3 is 2.83 bits per heavy atom. The Hall–Kier alpha value is -2.27. The zero-order valence-corrected chi connectivity index (χ0v) is 9.82. The molecule has 3 N–H and O–H groups in total. The first kappa shape index (κ1) is 10.9. The highest BCUT2D eigenvalue weighted by Gasteiger charge is 2.11. The topological polar surface area (TPSA) is 81.8 Å². The Kier molecular flexibility index (Phi) is 2.34. The molecule has 18 heavy (non-hydrogen) atoms. The van der Waals surface area contributed by atoms with E-state index in [4.69, 9.17) is 16.7 Å². The fraction of sp³-hybridized carbons (Fsp3) is 0. The smallest absolute Gasteiger partial charge is 0.353 e. The third kappa shape index (κ3) is 1.65. The number of fused-ring (bicyclic) bond motifs is 1. The minimum absolute atomic E-state index is 0.0507. The van der Waals surface area contributed by atoms with Crippen LogP contribution in [0.1, 0.15) is 10.5 Å². The summed E-state index contributed by atoms with van der Waals surface area (Å²) in [5.41, 5.74) is 2.13. The molecule has 3 rings (SSSR count). The van der Waals surface area contributed by atoms with Gasteiger partial charge in [0.05, 0.1) is 16.2 Å². The summed E-state index contributed by atoms with van der Waals surface area (Å²) in [4.78, 5) is 13.9. The van der Waals surface area contributed by atoms with Gasteiger partial charge in [0.1, 0.15) is 11.4 Å². The molecule has 2 heterocycles. The first-order valence-corrected chi connectivity index (χ1v) is 5.59. The van der Waals surface area contributed by atoms with Crippen molar-refractivity contribution in [2.45, 2.75) is 0 Å². The van der Waals surface area contributed by atoms with Gasteiger partial charge in [-0.2, -0.15) is 5.10 Å². The van der Waals surface area contributed by atoms with Gasteiger partial charge >= 0.3 is 5.97 Å². The van der Waals surface area contributed by atoms with E-state index in [1.165, 1.54) is 6.07 Å². The fourth-order valence-corrected chi connectivity index (χ4v) is 2.06. The van der Waals surface area contributed by atoms with Gasteiger partial charge in [-0.3, -0.25) is 5.10 Å². The molecule has 0 radical (unpaired) electrons. The predicted octanol–water partition coefficient (Wildman–Crippen LogP) is 2.91. The summed E-state index contributed by atoms with van der Waals surface area (Å²) in [7, 11) is 0. The molecule has 90 valence electrons. The molecule has 0 bridgehead atoms. The molecule has 3 aromatic rings. The molecule has 0 spiro atoms. The van der Waals surface area contributed by atoms with Gasteiger partial charge in [0.15, 0.2) is 0 Å². The second-order valence-electron chi connectivity index (χ2n) is 3.86. The van der Waals surface area contributed by atoms with Crippen molar-refractivity contribution in [1.82, 2.24) is 15.2 Å². The van der Waals surface area contributed by atoms with Crippen molar-refractivity contribution >= 4 is 28.5 Å². The number of aromatic carboxylic acids is 1. The predicted molar refractivity (Wildman–Crippen MR) is 67.8 cm³/mol. The number of carboxylic acids is 1. The summed E-state index contributed by atoms with van der Waals surface area (Å²) in [5.74, 6) is -1.04. The van der Waals surface area contributed by atoms with E-state index in [1.807, 2.05) is 18.2 Å². The number of aromatic amines is 2. The molecule has 0 saturated heterocycles. The summed E-state index contributed by atoms with van der Waals surface area (Å²) in [5, 5.41) is 16.8. The van der Waals surface area contributed by atoms with Crippen molar-refractivity contribution in [3.05, 3.63) is 41.0 Å². The molecule has 5 nitrogen and oxygen atoms in total. The van der Waals surface area contributed by atoms with Crippen molar-refractivity contribution in [3.63, 3.8) is 0 Å². The van der Waals surface area contributed by atoms with E-state index in [0.717, 1.165) is 16.6 Å². The van der Waals surface area contributed by atoms with Gasteiger partial charge in [0.2, 0.25) is 0 Å². The maximum atomic E-state index is 10.8. The summed E-state index contributed by atoms with van der Waals surface area (Å²) >= 11 is 6.06. The molecule has 6 heteroatoms. The number of benzene rings is 1. The highest BCUT2D eigenvalue weighted by Crippen LogP contribution is 2.27. The van der Waals surface area contributed by atoms with E-state index in [-0.39, 0.29) is 5.69 Å². The number of carboxylic acid groups (broad SMARTS) is 1. The Bertz CT molecular complexity index is 745. The quantitative estimate of drug-likeness (QED) is 0.663. The van der Waals surface area contributed by atoms with Crippen LogP contribution in [-0.4, -0.2) is 26.3 Å². The van der Waals surface area contributed by atoms with Crippen molar-refractivity contribution in [2.24, 2.45) is 0 Å². The number of H-pyrrole nitrogens is 2. The molecule has 2 aromatic heterocycles. The molecular formula is C12H8ClN3O2. The van der Waals surface area contributed by atoms with Gasteiger partial charge in [-0.15, -0.1) is 0 Å². The van der Waals surface area contributed by atoms with Crippen molar-refractivity contribution in [2.75, 3.05) is 0 Å². The van der Waals surface area contributed by atoms with Gasteiger partial charge in [-0.05, 0) is 12.1 Å². The molecule has 0 atom stereocenters. The van der Waals surface area contributed by atoms with Crippen LogP contribution in [0, 0.1) is 0 Å². The van der Waals surface area contributed by atoms with Crippen LogP contribution in [0.3, 0.4) is 0 Å². The lowest BCUT2D eigenvalue weighted by atomic mass is 10.2. The van der Waals surface area contributed by atoms with E-state index < -0.39 is 5.97 Å². The van der Waals surface area contributed by atoms with Gasteiger partial charge in [0.25, 0.3) is 0 Å². The summed E-state index contributed by atoms with van der Waals surface area (Å²) < 4.78 is 0. The Morgan fingerprint density at radius 2 is 2.17 bits per heavy atom. The molecule has 0 amide bonds. The third-order valence-corrected chi connectivity index (χ3v) is 3.00. The average molecular weight is 262 g/mol. The lowest BCUT2D eigenvalue weighted by Crippen LogP contribution is -1.95. The summed E-state index contributed by atoms with van der Waals surface area (Å²) in [6, 6.07) is 8.92. The Balaban J connectivity index is 2.13. The average Bonchev–Trinajstić information content (AvgIpc) is 2.95. The van der Waals surface area contributed by atoms with E-state index in [1.54, 1.807) is 6.07 Å². The van der Waals surface area contributed by atoms with Gasteiger partial charge < -0.3 is 10.1 Å². The van der Waals surface area contributed by atoms with Crippen LogP contribution in [0.15, 0.2) is 30.3 Å². The molecule has 0 saturated carbocycles. The highest BCUT2D eigenvalue weighted by molar-refractivity contribution is 6.35. The molecule has 0 fully saturated rings. The Labute approximate surface area is 106 Å². The highest BCUT2D eigenvalue weighted by atomic mass is 35.5. The second-order valence-corrected chi connectivity index (χ2v) is 4.27. The van der Waals surface area contributed by atoms with Crippen LogP contribution in [0.25, 0.3) is 22.3 Å². The van der Waals surface area contributed by atoms with Crippen LogP contribution in [0.2, 0.25) is 5.02 Å². The maximum Gasteiger partial charge on any atom is 0.353 e. The summed E-state index contributed by atoms with van der Waals surface area (Å²) in [6.45, 7) is 0. The van der Waals surface area contributed by atoms with E-state index >= 15 is 0 Å². The van der Waals surface area contributed by atoms with E-state index in [0.29, 0.717) is 10.7 Å². The first-order chi connectivity index (χ1) is 8.65. The number of para-hydroxylation sites is 1. The largest absolute Gasteiger partial charge is 0.477 e. The zero-order chi connectivity index (χ0) is 12.7. The second kappa shape index (κ2) is 3.89. The molecule has 0 aliphatic carbocycles.